The monoisotopic (exact) mass is 357 g/mol. The van der Waals surface area contributed by atoms with Crippen LogP contribution in [0.4, 0.5) is 0 Å². The molecule has 130 valence electrons. The molecule has 3 rings (SSSR count). The van der Waals surface area contributed by atoms with Crippen molar-refractivity contribution in [2.45, 2.75) is 26.8 Å². The highest BCUT2D eigenvalue weighted by atomic mass is 35.5. The van der Waals surface area contributed by atoms with Crippen molar-refractivity contribution >= 4 is 28.5 Å². The first-order valence-electron chi connectivity index (χ1n) is 8.23. The van der Waals surface area contributed by atoms with Crippen LogP contribution in [0.1, 0.15) is 30.6 Å². The van der Waals surface area contributed by atoms with Crippen molar-refractivity contribution in [3.63, 3.8) is 0 Å². The molecule has 0 saturated heterocycles. The molecule has 5 heteroatoms. The second kappa shape index (κ2) is 7.19. The summed E-state index contributed by atoms with van der Waals surface area (Å²) in [5.74, 6) is 0.748. The van der Waals surface area contributed by atoms with E-state index in [1.54, 1.807) is 6.07 Å². The van der Waals surface area contributed by atoms with Gasteiger partial charge in [-0.1, -0.05) is 25.4 Å². The van der Waals surface area contributed by atoms with Gasteiger partial charge in [0.05, 0.1) is 10.6 Å². The second-order valence-corrected chi connectivity index (χ2v) is 6.87. The van der Waals surface area contributed by atoms with Gasteiger partial charge in [0.15, 0.2) is 0 Å². The number of carboxylic acid groups (broad SMARTS) is 1. The highest BCUT2D eigenvalue weighted by Crippen LogP contribution is 2.32. The Morgan fingerprint density at radius 3 is 2.68 bits per heavy atom. The largest absolute Gasteiger partial charge is 0.478 e. The molecule has 0 radical (unpaired) electrons. The summed E-state index contributed by atoms with van der Waals surface area (Å²) in [5.41, 5.74) is 1.30. The number of ether oxygens (including phenoxy) is 1. The maximum Gasteiger partial charge on any atom is 0.335 e. The molecule has 0 saturated carbocycles. The number of aromatic nitrogens is 1. The first-order valence-corrected chi connectivity index (χ1v) is 8.61. The summed E-state index contributed by atoms with van der Waals surface area (Å²) < 4.78 is 8.07. The van der Waals surface area contributed by atoms with Gasteiger partial charge in [-0.05, 0) is 54.8 Å². The van der Waals surface area contributed by atoms with E-state index in [9.17, 15) is 4.79 Å². The zero-order chi connectivity index (χ0) is 18.0. The van der Waals surface area contributed by atoms with E-state index in [0.29, 0.717) is 17.4 Å². The fourth-order valence-corrected chi connectivity index (χ4v) is 2.90. The van der Waals surface area contributed by atoms with Crippen molar-refractivity contribution in [2.75, 3.05) is 0 Å². The van der Waals surface area contributed by atoms with Crippen LogP contribution in [0.2, 0.25) is 5.02 Å². The van der Waals surface area contributed by atoms with Gasteiger partial charge >= 0.3 is 5.97 Å². The maximum atomic E-state index is 11.0. The summed E-state index contributed by atoms with van der Waals surface area (Å²) in [7, 11) is 0. The molecule has 0 aliphatic heterocycles. The minimum Gasteiger partial charge on any atom is -0.478 e. The predicted molar refractivity (Wildman–Crippen MR) is 99.9 cm³/mol. The van der Waals surface area contributed by atoms with Crippen LogP contribution in [-0.2, 0) is 6.54 Å². The molecule has 0 spiro atoms. The summed E-state index contributed by atoms with van der Waals surface area (Å²) in [6.07, 6.45) is 3.22. The van der Waals surface area contributed by atoms with Crippen molar-refractivity contribution in [1.29, 1.82) is 0 Å². The molecule has 0 aliphatic carbocycles. The minimum atomic E-state index is -1.02. The molecule has 0 amide bonds. The third-order valence-electron chi connectivity index (χ3n) is 4.10. The van der Waals surface area contributed by atoms with E-state index < -0.39 is 5.97 Å². The van der Waals surface area contributed by atoms with Gasteiger partial charge in [0, 0.05) is 23.6 Å². The number of halogens is 1. The standard InChI is InChI=1S/C20H20ClNO3/c1-13(2)7-9-22-10-8-14-11-16(4-5-18(14)22)25-19-6-3-15(20(23)24)12-17(19)21/h3-6,8,10-13H,7,9H2,1-2H3,(H,23,24). The van der Waals surface area contributed by atoms with Crippen LogP contribution in [-0.4, -0.2) is 15.6 Å². The fourth-order valence-electron chi connectivity index (χ4n) is 2.68. The molecular formula is C20H20ClNO3. The van der Waals surface area contributed by atoms with Gasteiger partial charge in [-0.3, -0.25) is 0 Å². The van der Waals surface area contributed by atoms with Gasteiger partial charge in [-0.2, -0.15) is 0 Å². The number of hydrogen-bond donors (Lipinski definition) is 1. The van der Waals surface area contributed by atoms with Crippen LogP contribution in [0.3, 0.4) is 0 Å². The van der Waals surface area contributed by atoms with Crippen LogP contribution >= 0.6 is 11.6 Å². The van der Waals surface area contributed by atoms with Gasteiger partial charge < -0.3 is 14.4 Å². The topological polar surface area (TPSA) is 51.5 Å². The SMILES string of the molecule is CC(C)CCn1ccc2cc(Oc3ccc(C(=O)O)cc3Cl)ccc21. The van der Waals surface area contributed by atoms with E-state index >= 15 is 0 Å². The van der Waals surface area contributed by atoms with Gasteiger partial charge in [-0.25, -0.2) is 4.79 Å². The fraction of sp³-hybridized carbons (Fsp3) is 0.250. The van der Waals surface area contributed by atoms with E-state index in [1.807, 2.05) is 18.2 Å². The summed E-state index contributed by atoms with van der Waals surface area (Å²) >= 11 is 6.12. The lowest BCUT2D eigenvalue weighted by Crippen LogP contribution is -1.99. The van der Waals surface area contributed by atoms with E-state index in [1.165, 1.54) is 17.6 Å². The number of aryl methyl sites for hydroxylation is 1. The average molecular weight is 358 g/mol. The Morgan fingerprint density at radius 1 is 1.20 bits per heavy atom. The Morgan fingerprint density at radius 2 is 2.00 bits per heavy atom. The number of rotatable bonds is 6. The molecular weight excluding hydrogens is 338 g/mol. The molecule has 1 N–H and O–H groups in total. The van der Waals surface area contributed by atoms with Gasteiger partial charge in [0.1, 0.15) is 11.5 Å². The lowest BCUT2D eigenvalue weighted by Gasteiger charge is -2.10. The zero-order valence-corrected chi connectivity index (χ0v) is 15.0. The normalized spacial score (nSPS) is 11.2. The van der Waals surface area contributed by atoms with Crippen LogP contribution in [0, 0.1) is 5.92 Å². The third kappa shape index (κ3) is 3.97. The van der Waals surface area contributed by atoms with Crippen molar-refractivity contribution in [3.05, 3.63) is 59.2 Å². The highest BCUT2D eigenvalue weighted by molar-refractivity contribution is 6.32. The number of carboxylic acids is 1. The summed E-state index contributed by atoms with van der Waals surface area (Å²) in [6.45, 7) is 5.43. The minimum absolute atomic E-state index is 0.134. The summed E-state index contributed by atoms with van der Waals surface area (Å²) in [5, 5.41) is 10.4. The van der Waals surface area contributed by atoms with Gasteiger partial charge in [0.2, 0.25) is 0 Å². The maximum absolute atomic E-state index is 11.0. The van der Waals surface area contributed by atoms with E-state index in [-0.39, 0.29) is 10.6 Å². The smallest absolute Gasteiger partial charge is 0.335 e. The molecule has 4 nitrogen and oxygen atoms in total. The second-order valence-electron chi connectivity index (χ2n) is 6.46. The van der Waals surface area contributed by atoms with Crippen molar-refractivity contribution < 1.29 is 14.6 Å². The Bertz CT molecular complexity index is 914. The Labute approximate surface area is 151 Å². The van der Waals surface area contributed by atoms with Crippen molar-refractivity contribution in [3.8, 4) is 11.5 Å². The first kappa shape index (κ1) is 17.4. The number of carbonyl (C=O) groups is 1. The molecule has 3 aromatic rings. The summed E-state index contributed by atoms with van der Waals surface area (Å²) in [6, 6.07) is 12.4. The number of hydrogen-bond acceptors (Lipinski definition) is 2. The quantitative estimate of drug-likeness (QED) is 0.603. The van der Waals surface area contributed by atoms with Crippen molar-refractivity contribution in [2.24, 2.45) is 5.92 Å². The van der Waals surface area contributed by atoms with E-state index in [2.05, 4.69) is 30.7 Å². The average Bonchev–Trinajstić information content (AvgIpc) is 2.97. The lowest BCUT2D eigenvalue weighted by atomic mass is 10.1. The number of aromatic carboxylic acids is 1. The van der Waals surface area contributed by atoms with Crippen LogP contribution in [0.25, 0.3) is 10.9 Å². The van der Waals surface area contributed by atoms with Gasteiger partial charge in [0.25, 0.3) is 0 Å². The molecule has 2 aromatic carbocycles. The predicted octanol–water partition coefficient (Wildman–Crippen LogP) is 5.83. The van der Waals surface area contributed by atoms with Crippen LogP contribution in [0.5, 0.6) is 11.5 Å². The molecule has 0 unspecified atom stereocenters. The van der Waals surface area contributed by atoms with Crippen molar-refractivity contribution in [1.82, 2.24) is 4.57 Å². The van der Waals surface area contributed by atoms with Crippen LogP contribution in [0.15, 0.2) is 48.7 Å². The molecule has 1 aromatic heterocycles. The number of nitrogens with zero attached hydrogens (tertiary/aromatic N) is 1. The van der Waals surface area contributed by atoms with Crippen LogP contribution < -0.4 is 4.74 Å². The summed E-state index contributed by atoms with van der Waals surface area (Å²) in [4.78, 5) is 11.0. The number of benzene rings is 2. The molecule has 0 fully saturated rings. The molecule has 1 heterocycles. The first-order chi connectivity index (χ1) is 11.9. The Balaban J connectivity index is 1.82. The van der Waals surface area contributed by atoms with E-state index in [0.717, 1.165) is 18.4 Å². The molecule has 0 bridgehead atoms. The lowest BCUT2D eigenvalue weighted by molar-refractivity contribution is 0.0697. The van der Waals surface area contributed by atoms with E-state index in [4.69, 9.17) is 21.4 Å². The molecule has 0 aliphatic rings. The van der Waals surface area contributed by atoms with Gasteiger partial charge in [-0.15, -0.1) is 0 Å². The Hall–Kier alpha value is -2.46. The zero-order valence-electron chi connectivity index (χ0n) is 14.2. The number of fused-ring (bicyclic) bond motifs is 1. The highest BCUT2D eigenvalue weighted by Gasteiger charge is 2.10. The molecule has 0 atom stereocenters. The third-order valence-corrected chi connectivity index (χ3v) is 4.39. The Kier molecular flexibility index (Phi) is 5.00. The molecule has 25 heavy (non-hydrogen) atoms.